The summed E-state index contributed by atoms with van der Waals surface area (Å²) in [6.45, 7) is 2.42. The van der Waals surface area contributed by atoms with E-state index < -0.39 is 12.0 Å². The Bertz CT molecular complexity index is 433. The molecule has 0 aliphatic rings. The number of nitrogens with one attached hydrogen (secondary N) is 1. The molecule has 0 aliphatic heterocycles. The van der Waals surface area contributed by atoms with Crippen LogP contribution in [0.5, 0.6) is 0 Å². The molecular weight excluding hydrogens is 258 g/mol. The molecular formula is C15H21NO4. The molecule has 0 aromatic heterocycles. The van der Waals surface area contributed by atoms with E-state index in [-0.39, 0.29) is 18.2 Å². The molecule has 20 heavy (non-hydrogen) atoms. The average molecular weight is 279 g/mol. The molecule has 2 atom stereocenters. The summed E-state index contributed by atoms with van der Waals surface area (Å²) in [7, 11) is 1.59. The topological polar surface area (TPSA) is 75.6 Å². The van der Waals surface area contributed by atoms with Gasteiger partial charge in [-0.15, -0.1) is 0 Å². The second-order valence-electron chi connectivity index (χ2n) is 4.89. The van der Waals surface area contributed by atoms with Gasteiger partial charge < -0.3 is 15.2 Å². The zero-order chi connectivity index (χ0) is 15.0. The van der Waals surface area contributed by atoms with E-state index in [1.807, 2.05) is 37.3 Å². The molecule has 110 valence electrons. The number of ether oxygens (including phenoxy) is 1. The average Bonchev–Trinajstić information content (AvgIpc) is 2.38. The molecule has 1 aromatic rings. The molecule has 0 spiro atoms. The van der Waals surface area contributed by atoms with Gasteiger partial charge in [-0.25, -0.2) is 0 Å². The van der Waals surface area contributed by atoms with Crippen LogP contribution in [0, 0.1) is 5.92 Å². The first-order valence-electron chi connectivity index (χ1n) is 6.58. The third kappa shape index (κ3) is 5.84. The normalized spacial score (nSPS) is 13.5. The third-order valence-corrected chi connectivity index (χ3v) is 2.90. The smallest absolute Gasteiger partial charge is 0.305 e. The van der Waals surface area contributed by atoms with Crippen molar-refractivity contribution in [2.75, 3.05) is 13.7 Å². The van der Waals surface area contributed by atoms with Gasteiger partial charge >= 0.3 is 5.97 Å². The van der Waals surface area contributed by atoms with Gasteiger partial charge in [0.05, 0.1) is 12.5 Å². The van der Waals surface area contributed by atoms with Crippen LogP contribution in [-0.2, 0) is 14.3 Å². The van der Waals surface area contributed by atoms with Crippen molar-refractivity contribution < 1.29 is 19.4 Å². The number of carboxylic acids is 1. The number of amides is 1. The Labute approximate surface area is 118 Å². The van der Waals surface area contributed by atoms with Crippen LogP contribution in [0.3, 0.4) is 0 Å². The molecule has 1 aromatic carbocycles. The number of methoxy groups -OCH3 is 1. The number of carbonyl (C=O) groups excluding carboxylic acids is 1. The molecule has 0 fully saturated rings. The number of rotatable bonds is 8. The van der Waals surface area contributed by atoms with Gasteiger partial charge in [-0.05, 0) is 11.5 Å². The van der Waals surface area contributed by atoms with Crippen LogP contribution in [0.4, 0.5) is 0 Å². The molecule has 2 unspecified atom stereocenters. The Morgan fingerprint density at radius 3 is 2.45 bits per heavy atom. The molecule has 0 aliphatic carbocycles. The Morgan fingerprint density at radius 2 is 1.90 bits per heavy atom. The van der Waals surface area contributed by atoms with Crippen molar-refractivity contribution in [1.29, 1.82) is 0 Å². The Balaban J connectivity index is 2.66. The number of benzene rings is 1. The highest BCUT2D eigenvalue weighted by molar-refractivity contribution is 5.78. The predicted molar refractivity (Wildman–Crippen MR) is 75.2 cm³/mol. The summed E-state index contributed by atoms with van der Waals surface area (Å²) >= 11 is 0. The maximum Gasteiger partial charge on any atom is 0.305 e. The van der Waals surface area contributed by atoms with Crippen molar-refractivity contribution in [1.82, 2.24) is 5.32 Å². The molecule has 0 radical (unpaired) electrons. The summed E-state index contributed by atoms with van der Waals surface area (Å²) in [5.41, 5.74) is 0.794. The van der Waals surface area contributed by atoms with E-state index >= 15 is 0 Å². The van der Waals surface area contributed by atoms with E-state index in [2.05, 4.69) is 5.32 Å². The van der Waals surface area contributed by atoms with Gasteiger partial charge in [0, 0.05) is 20.1 Å². The molecule has 2 N–H and O–H groups in total. The van der Waals surface area contributed by atoms with Gasteiger partial charge in [0.1, 0.15) is 0 Å². The van der Waals surface area contributed by atoms with E-state index in [4.69, 9.17) is 9.84 Å². The van der Waals surface area contributed by atoms with Crippen LogP contribution in [0.2, 0.25) is 0 Å². The fraction of sp³-hybridized carbons (Fsp3) is 0.467. The lowest BCUT2D eigenvalue weighted by Crippen LogP contribution is -2.31. The number of hydrogen-bond donors (Lipinski definition) is 2. The molecule has 0 saturated heterocycles. The highest BCUT2D eigenvalue weighted by Crippen LogP contribution is 2.17. The second kappa shape index (κ2) is 8.32. The second-order valence-corrected chi connectivity index (χ2v) is 4.89. The highest BCUT2D eigenvalue weighted by Gasteiger charge is 2.19. The van der Waals surface area contributed by atoms with E-state index in [0.29, 0.717) is 13.0 Å². The minimum absolute atomic E-state index is 0.0984. The lowest BCUT2D eigenvalue weighted by molar-refractivity contribution is -0.137. The van der Waals surface area contributed by atoms with Gasteiger partial charge in [0.15, 0.2) is 0 Å². The number of aliphatic carboxylic acids is 1. The molecule has 5 nitrogen and oxygen atoms in total. The molecule has 0 saturated carbocycles. The predicted octanol–water partition coefficient (Wildman–Crippen LogP) is 1.99. The first-order chi connectivity index (χ1) is 9.52. The Hall–Kier alpha value is -1.88. The summed E-state index contributed by atoms with van der Waals surface area (Å²) in [5.74, 6) is -1.00. The molecule has 0 bridgehead atoms. The van der Waals surface area contributed by atoms with Crippen LogP contribution >= 0.6 is 0 Å². The lowest BCUT2D eigenvalue weighted by atomic mass is 10.0. The van der Waals surface area contributed by atoms with E-state index in [1.165, 1.54) is 0 Å². The zero-order valence-electron chi connectivity index (χ0n) is 11.8. The van der Waals surface area contributed by atoms with E-state index in [9.17, 15) is 9.59 Å². The Morgan fingerprint density at radius 1 is 1.25 bits per heavy atom. The summed E-state index contributed by atoms with van der Waals surface area (Å²) in [5, 5.41) is 11.7. The molecule has 1 amide bonds. The van der Waals surface area contributed by atoms with Crippen molar-refractivity contribution in [3.63, 3.8) is 0 Å². The minimum Gasteiger partial charge on any atom is -0.481 e. The SMILES string of the molecule is COCC(C)CC(=O)NC(CC(=O)O)c1ccccc1. The summed E-state index contributed by atoms with van der Waals surface area (Å²) in [4.78, 5) is 22.9. The van der Waals surface area contributed by atoms with Crippen LogP contribution in [0.25, 0.3) is 0 Å². The monoisotopic (exact) mass is 279 g/mol. The lowest BCUT2D eigenvalue weighted by Gasteiger charge is -2.18. The highest BCUT2D eigenvalue weighted by atomic mass is 16.5. The molecule has 5 heteroatoms. The fourth-order valence-corrected chi connectivity index (χ4v) is 2.03. The fourth-order valence-electron chi connectivity index (χ4n) is 2.03. The maximum atomic E-state index is 11.9. The van der Waals surface area contributed by atoms with Crippen molar-refractivity contribution in [2.45, 2.75) is 25.8 Å². The largest absolute Gasteiger partial charge is 0.481 e. The van der Waals surface area contributed by atoms with Gasteiger partial charge in [-0.1, -0.05) is 37.3 Å². The standard InChI is InChI=1S/C15H21NO4/c1-11(10-20-2)8-14(17)16-13(9-15(18)19)12-6-4-3-5-7-12/h3-7,11,13H,8-10H2,1-2H3,(H,16,17)(H,18,19). The maximum absolute atomic E-state index is 11.9. The molecule has 1 rings (SSSR count). The summed E-state index contributed by atoms with van der Waals surface area (Å²) in [6, 6.07) is 8.62. The third-order valence-electron chi connectivity index (χ3n) is 2.90. The van der Waals surface area contributed by atoms with Crippen molar-refractivity contribution in [3.05, 3.63) is 35.9 Å². The quantitative estimate of drug-likeness (QED) is 0.763. The summed E-state index contributed by atoms with van der Waals surface area (Å²) < 4.78 is 4.98. The van der Waals surface area contributed by atoms with Crippen LogP contribution in [0.15, 0.2) is 30.3 Å². The first kappa shape index (κ1) is 16.2. The van der Waals surface area contributed by atoms with Gasteiger partial charge in [0.2, 0.25) is 5.91 Å². The van der Waals surface area contributed by atoms with Crippen LogP contribution in [0.1, 0.15) is 31.4 Å². The summed E-state index contributed by atoms with van der Waals surface area (Å²) in [6.07, 6.45) is 0.186. The number of carbonyl (C=O) groups is 2. The van der Waals surface area contributed by atoms with E-state index in [1.54, 1.807) is 7.11 Å². The van der Waals surface area contributed by atoms with Crippen molar-refractivity contribution >= 4 is 11.9 Å². The zero-order valence-corrected chi connectivity index (χ0v) is 11.8. The number of hydrogen-bond acceptors (Lipinski definition) is 3. The van der Waals surface area contributed by atoms with E-state index in [0.717, 1.165) is 5.56 Å². The van der Waals surface area contributed by atoms with Crippen molar-refractivity contribution in [2.24, 2.45) is 5.92 Å². The van der Waals surface area contributed by atoms with Gasteiger partial charge in [-0.3, -0.25) is 9.59 Å². The number of carboxylic acid groups (broad SMARTS) is 1. The minimum atomic E-state index is -0.941. The first-order valence-corrected chi connectivity index (χ1v) is 6.58. The van der Waals surface area contributed by atoms with Gasteiger partial charge in [0.25, 0.3) is 0 Å². The van der Waals surface area contributed by atoms with Gasteiger partial charge in [-0.2, -0.15) is 0 Å². The van der Waals surface area contributed by atoms with Crippen molar-refractivity contribution in [3.8, 4) is 0 Å². The van der Waals surface area contributed by atoms with Crippen LogP contribution < -0.4 is 5.32 Å². The Kier molecular flexibility index (Phi) is 6.73. The van der Waals surface area contributed by atoms with Crippen LogP contribution in [-0.4, -0.2) is 30.7 Å². The molecule has 0 heterocycles.